The predicted octanol–water partition coefficient (Wildman–Crippen LogP) is 1.37. The number of carbonyl (C=O) groups is 1. The van der Waals surface area contributed by atoms with Crippen LogP contribution < -0.4 is 0 Å². The van der Waals surface area contributed by atoms with Gasteiger partial charge in [0.2, 0.25) is 0 Å². The third-order valence-corrected chi connectivity index (χ3v) is 1.84. The third kappa shape index (κ3) is 1.54. The van der Waals surface area contributed by atoms with Gasteiger partial charge in [-0.1, -0.05) is 18.2 Å². The monoisotopic (exact) mass is 172 g/mol. The molecule has 3 heteroatoms. The molecule has 0 radical (unpaired) electrons. The van der Waals surface area contributed by atoms with Gasteiger partial charge in [-0.3, -0.25) is 0 Å². The Morgan fingerprint density at radius 1 is 1.23 bits per heavy atom. The number of hydrogen-bond donors (Lipinski definition) is 0. The van der Waals surface area contributed by atoms with Crippen molar-refractivity contribution in [1.82, 2.24) is 10.2 Å². The molecule has 3 nitrogen and oxygen atoms in total. The lowest BCUT2D eigenvalue weighted by Gasteiger charge is -1.96. The van der Waals surface area contributed by atoms with Crippen LogP contribution in [0.2, 0.25) is 0 Å². The van der Waals surface area contributed by atoms with Crippen LogP contribution in [-0.2, 0) is 11.2 Å². The lowest BCUT2D eigenvalue weighted by atomic mass is 10.2. The van der Waals surface area contributed by atoms with E-state index in [1.54, 1.807) is 0 Å². The van der Waals surface area contributed by atoms with Crippen molar-refractivity contribution in [3.63, 3.8) is 0 Å². The van der Waals surface area contributed by atoms with Crippen molar-refractivity contribution in [2.24, 2.45) is 0 Å². The fraction of sp³-hybridized carbons (Fsp3) is 0.100. The molecule has 13 heavy (non-hydrogen) atoms. The van der Waals surface area contributed by atoms with Crippen LogP contribution in [0.25, 0.3) is 10.9 Å². The molecule has 0 fully saturated rings. The van der Waals surface area contributed by atoms with Gasteiger partial charge in [-0.2, -0.15) is 10.2 Å². The summed E-state index contributed by atoms with van der Waals surface area (Å²) in [6, 6.07) is 9.59. The second-order valence-corrected chi connectivity index (χ2v) is 2.77. The molecule has 0 saturated carbocycles. The van der Waals surface area contributed by atoms with Gasteiger partial charge in [0.05, 0.1) is 11.2 Å². The van der Waals surface area contributed by atoms with Crippen LogP contribution in [0.3, 0.4) is 0 Å². The zero-order chi connectivity index (χ0) is 9.10. The Balaban J connectivity index is 2.55. The summed E-state index contributed by atoms with van der Waals surface area (Å²) in [5, 5.41) is 8.93. The van der Waals surface area contributed by atoms with Gasteiger partial charge in [0.25, 0.3) is 0 Å². The van der Waals surface area contributed by atoms with E-state index >= 15 is 0 Å². The first kappa shape index (κ1) is 7.86. The average molecular weight is 172 g/mol. The molecule has 2 aromatic rings. The van der Waals surface area contributed by atoms with Crippen molar-refractivity contribution in [3.05, 3.63) is 36.0 Å². The topological polar surface area (TPSA) is 42.9 Å². The van der Waals surface area contributed by atoms with Gasteiger partial charge in [-0.25, -0.2) is 0 Å². The Hall–Kier alpha value is -1.77. The summed E-state index contributed by atoms with van der Waals surface area (Å²) in [5.74, 6) is 0. The van der Waals surface area contributed by atoms with Crippen LogP contribution in [0.15, 0.2) is 30.3 Å². The second-order valence-electron chi connectivity index (χ2n) is 2.77. The van der Waals surface area contributed by atoms with E-state index in [2.05, 4.69) is 10.2 Å². The summed E-state index contributed by atoms with van der Waals surface area (Å²) < 4.78 is 0. The number of nitrogens with zero attached hydrogens (tertiary/aromatic N) is 2. The summed E-state index contributed by atoms with van der Waals surface area (Å²) in [4.78, 5) is 10.2. The highest BCUT2D eigenvalue weighted by molar-refractivity contribution is 5.78. The molecule has 0 atom stereocenters. The van der Waals surface area contributed by atoms with E-state index in [-0.39, 0.29) is 0 Å². The first-order valence-electron chi connectivity index (χ1n) is 4.05. The largest absolute Gasteiger partial charge is 0.303 e. The molecule has 1 heterocycles. The standard InChI is InChI=1S/C10H8N2O/c13-6-5-9-7-8-3-1-2-4-10(8)12-11-9/h1-4,6-7H,5H2. The van der Waals surface area contributed by atoms with E-state index in [0.717, 1.165) is 17.2 Å². The number of hydrogen-bond acceptors (Lipinski definition) is 3. The van der Waals surface area contributed by atoms with Crippen molar-refractivity contribution in [2.45, 2.75) is 6.42 Å². The summed E-state index contributed by atoms with van der Waals surface area (Å²) in [6.45, 7) is 0. The van der Waals surface area contributed by atoms with Gasteiger partial charge in [0.1, 0.15) is 6.29 Å². The first-order chi connectivity index (χ1) is 6.40. The molecule has 1 aromatic carbocycles. The number of rotatable bonds is 2. The summed E-state index contributed by atoms with van der Waals surface area (Å²) in [7, 11) is 0. The van der Waals surface area contributed by atoms with E-state index < -0.39 is 0 Å². The van der Waals surface area contributed by atoms with E-state index in [0.29, 0.717) is 12.1 Å². The molecular formula is C10H8N2O. The van der Waals surface area contributed by atoms with Gasteiger partial charge in [-0.05, 0) is 12.1 Å². The molecule has 2 rings (SSSR count). The van der Waals surface area contributed by atoms with E-state index in [1.807, 2.05) is 30.3 Å². The number of fused-ring (bicyclic) bond motifs is 1. The Morgan fingerprint density at radius 3 is 2.92 bits per heavy atom. The molecule has 0 amide bonds. The minimum absolute atomic E-state index is 0.331. The summed E-state index contributed by atoms with van der Waals surface area (Å²) in [5.41, 5.74) is 1.57. The molecule has 0 aliphatic carbocycles. The van der Waals surface area contributed by atoms with Crippen LogP contribution >= 0.6 is 0 Å². The van der Waals surface area contributed by atoms with Crippen molar-refractivity contribution < 1.29 is 4.79 Å². The number of aldehydes is 1. The fourth-order valence-corrected chi connectivity index (χ4v) is 1.21. The minimum atomic E-state index is 0.331. The number of carbonyl (C=O) groups excluding carboxylic acids is 1. The highest BCUT2D eigenvalue weighted by Gasteiger charge is 1.97. The molecule has 0 saturated heterocycles. The number of benzene rings is 1. The Kier molecular flexibility index (Phi) is 2.00. The Bertz CT molecular complexity index is 440. The van der Waals surface area contributed by atoms with Crippen molar-refractivity contribution in [1.29, 1.82) is 0 Å². The molecule has 0 aliphatic heterocycles. The Morgan fingerprint density at radius 2 is 2.08 bits per heavy atom. The van der Waals surface area contributed by atoms with E-state index in [1.165, 1.54) is 0 Å². The molecule has 64 valence electrons. The van der Waals surface area contributed by atoms with Crippen LogP contribution in [0.1, 0.15) is 5.69 Å². The van der Waals surface area contributed by atoms with E-state index in [9.17, 15) is 4.79 Å². The third-order valence-electron chi connectivity index (χ3n) is 1.84. The lowest BCUT2D eigenvalue weighted by molar-refractivity contribution is -0.107. The molecule has 0 spiro atoms. The van der Waals surface area contributed by atoms with Crippen molar-refractivity contribution in [2.75, 3.05) is 0 Å². The fourth-order valence-electron chi connectivity index (χ4n) is 1.21. The molecular weight excluding hydrogens is 164 g/mol. The molecule has 0 N–H and O–H groups in total. The van der Waals surface area contributed by atoms with E-state index in [4.69, 9.17) is 0 Å². The lowest BCUT2D eigenvalue weighted by Crippen LogP contribution is -1.93. The maximum Gasteiger partial charge on any atom is 0.126 e. The second kappa shape index (κ2) is 3.31. The van der Waals surface area contributed by atoms with Crippen LogP contribution in [0, 0.1) is 0 Å². The van der Waals surface area contributed by atoms with Gasteiger partial charge in [-0.15, -0.1) is 0 Å². The molecule has 0 aliphatic rings. The minimum Gasteiger partial charge on any atom is -0.303 e. The quantitative estimate of drug-likeness (QED) is 0.642. The normalized spacial score (nSPS) is 10.2. The zero-order valence-corrected chi connectivity index (χ0v) is 6.97. The van der Waals surface area contributed by atoms with Crippen LogP contribution in [0.4, 0.5) is 0 Å². The SMILES string of the molecule is O=CCc1cc2ccccc2nn1. The first-order valence-corrected chi connectivity index (χ1v) is 4.05. The summed E-state index contributed by atoms with van der Waals surface area (Å²) in [6.07, 6.45) is 1.16. The van der Waals surface area contributed by atoms with Gasteiger partial charge in [0.15, 0.2) is 0 Å². The van der Waals surface area contributed by atoms with Crippen molar-refractivity contribution >= 4 is 17.2 Å². The average Bonchev–Trinajstić information content (AvgIpc) is 2.18. The highest BCUT2D eigenvalue weighted by Crippen LogP contribution is 2.10. The predicted molar refractivity (Wildman–Crippen MR) is 49.3 cm³/mol. The number of aromatic nitrogens is 2. The van der Waals surface area contributed by atoms with Gasteiger partial charge in [0, 0.05) is 11.8 Å². The molecule has 0 bridgehead atoms. The van der Waals surface area contributed by atoms with Crippen LogP contribution in [0.5, 0.6) is 0 Å². The molecule has 1 aromatic heterocycles. The maximum atomic E-state index is 10.2. The van der Waals surface area contributed by atoms with Crippen molar-refractivity contribution in [3.8, 4) is 0 Å². The zero-order valence-electron chi connectivity index (χ0n) is 6.97. The summed E-state index contributed by atoms with van der Waals surface area (Å²) >= 11 is 0. The maximum absolute atomic E-state index is 10.2. The Labute approximate surface area is 75.4 Å². The van der Waals surface area contributed by atoms with Gasteiger partial charge >= 0.3 is 0 Å². The van der Waals surface area contributed by atoms with Gasteiger partial charge < -0.3 is 4.79 Å². The molecule has 0 unspecified atom stereocenters. The van der Waals surface area contributed by atoms with Crippen LogP contribution in [-0.4, -0.2) is 16.5 Å². The highest BCUT2D eigenvalue weighted by atomic mass is 16.1. The smallest absolute Gasteiger partial charge is 0.126 e.